The molecule has 1 saturated carbocycles. The van der Waals surface area contributed by atoms with Crippen LogP contribution >= 0.6 is 11.5 Å². The first kappa shape index (κ1) is 9.86. The number of hydrogen-bond acceptors (Lipinski definition) is 5. The third kappa shape index (κ3) is 2.22. The Labute approximate surface area is 88.1 Å². The van der Waals surface area contributed by atoms with Crippen LogP contribution in [-0.2, 0) is 0 Å². The Hall–Kier alpha value is -0.680. The standard InChI is InChI=1S/C9H16N4S/c1-6-12-9(14-13-6)11-5-8(10)7-3-2-4-7/h7-8H,2-5,10H2,1H3,(H,11,12,13). The molecule has 0 bridgehead atoms. The second-order valence-corrected chi connectivity index (χ2v) is 4.63. The van der Waals surface area contributed by atoms with E-state index in [1.807, 2.05) is 6.92 Å². The lowest BCUT2D eigenvalue weighted by molar-refractivity contribution is 0.268. The third-order valence-electron chi connectivity index (χ3n) is 2.77. The van der Waals surface area contributed by atoms with Crippen LogP contribution in [0.4, 0.5) is 5.13 Å². The van der Waals surface area contributed by atoms with Crippen LogP contribution in [0.5, 0.6) is 0 Å². The minimum atomic E-state index is 0.271. The summed E-state index contributed by atoms with van der Waals surface area (Å²) in [5, 5.41) is 4.12. The van der Waals surface area contributed by atoms with E-state index in [0.29, 0.717) is 0 Å². The minimum Gasteiger partial charge on any atom is -0.359 e. The highest BCUT2D eigenvalue weighted by atomic mass is 32.1. The molecule has 1 fully saturated rings. The predicted molar refractivity (Wildman–Crippen MR) is 58.5 cm³/mol. The van der Waals surface area contributed by atoms with Crippen LogP contribution in [0.2, 0.25) is 0 Å². The quantitative estimate of drug-likeness (QED) is 0.791. The molecule has 0 saturated heterocycles. The number of aromatic nitrogens is 2. The van der Waals surface area contributed by atoms with Crippen molar-refractivity contribution < 1.29 is 0 Å². The van der Waals surface area contributed by atoms with Crippen LogP contribution in [0.3, 0.4) is 0 Å². The zero-order chi connectivity index (χ0) is 9.97. The second-order valence-electron chi connectivity index (χ2n) is 3.88. The molecule has 0 amide bonds. The van der Waals surface area contributed by atoms with Gasteiger partial charge < -0.3 is 11.1 Å². The van der Waals surface area contributed by atoms with Crippen molar-refractivity contribution in [1.82, 2.24) is 9.36 Å². The van der Waals surface area contributed by atoms with Gasteiger partial charge in [0.2, 0.25) is 5.13 Å². The summed E-state index contributed by atoms with van der Waals surface area (Å²) in [6.07, 6.45) is 3.92. The van der Waals surface area contributed by atoms with Gasteiger partial charge >= 0.3 is 0 Å². The molecule has 5 heteroatoms. The van der Waals surface area contributed by atoms with Gasteiger partial charge in [-0.1, -0.05) is 6.42 Å². The molecule has 0 spiro atoms. The Kier molecular flexibility index (Phi) is 2.98. The Morgan fingerprint density at radius 3 is 2.93 bits per heavy atom. The lowest BCUT2D eigenvalue weighted by Crippen LogP contribution is -2.40. The van der Waals surface area contributed by atoms with Gasteiger partial charge in [0.25, 0.3) is 0 Å². The van der Waals surface area contributed by atoms with Crippen molar-refractivity contribution in [3.63, 3.8) is 0 Å². The smallest absolute Gasteiger partial charge is 0.202 e. The van der Waals surface area contributed by atoms with E-state index in [9.17, 15) is 0 Å². The molecule has 1 aromatic heterocycles. The average Bonchev–Trinajstić information content (AvgIpc) is 2.45. The molecule has 1 unspecified atom stereocenters. The van der Waals surface area contributed by atoms with Crippen molar-refractivity contribution in [1.29, 1.82) is 0 Å². The van der Waals surface area contributed by atoms with Gasteiger partial charge in [-0.05, 0) is 25.7 Å². The molecular weight excluding hydrogens is 196 g/mol. The maximum atomic E-state index is 6.03. The van der Waals surface area contributed by atoms with Crippen molar-refractivity contribution in [2.75, 3.05) is 11.9 Å². The Bertz CT molecular complexity index is 295. The maximum absolute atomic E-state index is 6.03. The van der Waals surface area contributed by atoms with Gasteiger partial charge in [-0.3, -0.25) is 0 Å². The van der Waals surface area contributed by atoms with Gasteiger partial charge in [0.15, 0.2) is 0 Å². The van der Waals surface area contributed by atoms with Crippen molar-refractivity contribution >= 4 is 16.7 Å². The molecule has 78 valence electrons. The van der Waals surface area contributed by atoms with Crippen LogP contribution in [0.15, 0.2) is 0 Å². The monoisotopic (exact) mass is 212 g/mol. The van der Waals surface area contributed by atoms with Gasteiger partial charge in [0.1, 0.15) is 5.82 Å². The Morgan fingerprint density at radius 1 is 1.64 bits per heavy atom. The van der Waals surface area contributed by atoms with Crippen LogP contribution in [0.1, 0.15) is 25.1 Å². The summed E-state index contributed by atoms with van der Waals surface area (Å²) in [7, 11) is 0. The summed E-state index contributed by atoms with van der Waals surface area (Å²) in [6.45, 7) is 2.72. The van der Waals surface area contributed by atoms with E-state index in [-0.39, 0.29) is 6.04 Å². The van der Waals surface area contributed by atoms with E-state index in [2.05, 4.69) is 14.7 Å². The molecule has 14 heavy (non-hydrogen) atoms. The SMILES string of the molecule is Cc1nsc(NCC(N)C2CCC2)n1. The largest absolute Gasteiger partial charge is 0.359 e. The lowest BCUT2D eigenvalue weighted by atomic mass is 9.80. The van der Waals surface area contributed by atoms with Crippen molar-refractivity contribution in [3.05, 3.63) is 5.82 Å². The molecule has 1 aromatic rings. The molecule has 1 atom stereocenters. The number of hydrogen-bond donors (Lipinski definition) is 2. The summed E-state index contributed by atoms with van der Waals surface area (Å²) in [5.41, 5.74) is 6.03. The summed E-state index contributed by atoms with van der Waals surface area (Å²) in [5.74, 6) is 1.55. The fourth-order valence-electron chi connectivity index (χ4n) is 1.61. The third-order valence-corrected chi connectivity index (χ3v) is 3.54. The molecular formula is C9H16N4S. The molecule has 0 aromatic carbocycles. The first-order valence-corrected chi connectivity index (χ1v) is 5.83. The summed E-state index contributed by atoms with van der Waals surface area (Å²) in [6, 6.07) is 0.271. The van der Waals surface area contributed by atoms with Crippen molar-refractivity contribution in [2.45, 2.75) is 32.2 Å². The van der Waals surface area contributed by atoms with Gasteiger partial charge in [0, 0.05) is 24.1 Å². The molecule has 4 nitrogen and oxygen atoms in total. The van der Waals surface area contributed by atoms with E-state index in [4.69, 9.17) is 5.73 Å². The number of nitrogens with two attached hydrogens (primary N) is 1. The number of nitrogens with zero attached hydrogens (tertiary/aromatic N) is 2. The van der Waals surface area contributed by atoms with Gasteiger partial charge in [0.05, 0.1) is 0 Å². The highest BCUT2D eigenvalue weighted by Crippen LogP contribution is 2.28. The Balaban J connectivity index is 1.76. The van der Waals surface area contributed by atoms with Crippen molar-refractivity contribution in [3.8, 4) is 0 Å². The predicted octanol–water partition coefficient (Wildman–Crippen LogP) is 1.39. The molecule has 0 aliphatic heterocycles. The summed E-state index contributed by atoms with van der Waals surface area (Å²) >= 11 is 1.40. The number of anilines is 1. The maximum Gasteiger partial charge on any atom is 0.202 e. The number of nitrogens with one attached hydrogen (secondary N) is 1. The molecule has 1 aliphatic carbocycles. The van der Waals surface area contributed by atoms with Gasteiger partial charge in [-0.15, -0.1) is 0 Å². The number of rotatable bonds is 4. The minimum absolute atomic E-state index is 0.271. The topological polar surface area (TPSA) is 63.8 Å². The van der Waals surface area contributed by atoms with Crippen LogP contribution in [0.25, 0.3) is 0 Å². The van der Waals surface area contributed by atoms with Crippen LogP contribution in [-0.4, -0.2) is 21.9 Å². The molecule has 1 heterocycles. The average molecular weight is 212 g/mol. The van der Waals surface area contributed by atoms with Crippen LogP contribution in [0, 0.1) is 12.8 Å². The Morgan fingerprint density at radius 2 is 2.43 bits per heavy atom. The normalized spacial score (nSPS) is 19.0. The zero-order valence-electron chi connectivity index (χ0n) is 8.36. The van der Waals surface area contributed by atoms with E-state index in [0.717, 1.165) is 23.4 Å². The van der Waals surface area contributed by atoms with E-state index < -0.39 is 0 Å². The highest BCUT2D eigenvalue weighted by molar-refractivity contribution is 7.09. The molecule has 1 aliphatic rings. The molecule has 2 rings (SSSR count). The molecule has 3 N–H and O–H groups in total. The summed E-state index contributed by atoms with van der Waals surface area (Å²) < 4.78 is 4.10. The number of aryl methyl sites for hydroxylation is 1. The van der Waals surface area contributed by atoms with E-state index in [1.165, 1.54) is 30.8 Å². The van der Waals surface area contributed by atoms with Gasteiger partial charge in [-0.25, -0.2) is 4.98 Å². The second kappa shape index (κ2) is 4.23. The highest BCUT2D eigenvalue weighted by Gasteiger charge is 2.24. The van der Waals surface area contributed by atoms with E-state index in [1.54, 1.807) is 0 Å². The fraction of sp³-hybridized carbons (Fsp3) is 0.778. The lowest BCUT2D eigenvalue weighted by Gasteiger charge is -2.31. The van der Waals surface area contributed by atoms with Crippen LogP contribution < -0.4 is 11.1 Å². The van der Waals surface area contributed by atoms with E-state index >= 15 is 0 Å². The summed E-state index contributed by atoms with van der Waals surface area (Å²) in [4.78, 5) is 4.23. The first-order chi connectivity index (χ1) is 6.75. The molecule has 0 radical (unpaired) electrons. The first-order valence-electron chi connectivity index (χ1n) is 5.05. The zero-order valence-corrected chi connectivity index (χ0v) is 9.18. The van der Waals surface area contributed by atoms with Crippen molar-refractivity contribution in [2.24, 2.45) is 11.7 Å². The van der Waals surface area contributed by atoms with Gasteiger partial charge in [-0.2, -0.15) is 4.37 Å². The fourth-order valence-corrected chi connectivity index (χ4v) is 2.19.